The summed E-state index contributed by atoms with van der Waals surface area (Å²) in [6.45, 7) is 3.71. The molecular weight excluding hydrogens is 236 g/mol. The van der Waals surface area contributed by atoms with E-state index in [0.717, 1.165) is 25.8 Å². The summed E-state index contributed by atoms with van der Waals surface area (Å²) in [5.74, 6) is 0.378. The van der Waals surface area contributed by atoms with Crippen LogP contribution in [0.25, 0.3) is 0 Å². The van der Waals surface area contributed by atoms with Gasteiger partial charge in [-0.05, 0) is 32.1 Å². The summed E-state index contributed by atoms with van der Waals surface area (Å²) in [4.78, 5) is 15.3. The van der Waals surface area contributed by atoms with Gasteiger partial charge in [-0.2, -0.15) is 0 Å². The largest absolute Gasteiger partial charge is 0.339 e. The Bertz CT molecular complexity index is 297. The highest BCUT2D eigenvalue weighted by Gasteiger charge is 2.42. The van der Waals surface area contributed by atoms with Crippen molar-refractivity contribution >= 4 is 5.91 Å². The number of rotatable bonds is 3. The molecule has 2 aliphatic rings. The molecular formula is C16H30N2O. The van der Waals surface area contributed by atoms with Gasteiger partial charge in [0, 0.05) is 19.1 Å². The Labute approximate surface area is 117 Å². The summed E-state index contributed by atoms with van der Waals surface area (Å²) in [5.41, 5.74) is 5.80. The van der Waals surface area contributed by atoms with Crippen molar-refractivity contribution in [1.29, 1.82) is 0 Å². The first-order valence-electron chi connectivity index (χ1n) is 8.24. The van der Waals surface area contributed by atoms with Crippen molar-refractivity contribution in [2.75, 3.05) is 13.1 Å². The molecule has 1 amide bonds. The maximum Gasteiger partial charge on any atom is 0.230 e. The Morgan fingerprint density at radius 3 is 2.47 bits per heavy atom. The predicted octanol–water partition coefficient (Wildman–Crippen LogP) is 3.08. The fourth-order valence-corrected chi connectivity index (χ4v) is 3.91. The number of hydrogen-bond acceptors (Lipinski definition) is 2. The monoisotopic (exact) mass is 266 g/mol. The van der Waals surface area contributed by atoms with E-state index < -0.39 is 0 Å². The van der Waals surface area contributed by atoms with Crippen LogP contribution in [0.4, 0.5) is 0 Å². The van der Waals surface area contributed by atoms with E-state index in [-0.39, 0.29) is 5.41 Å². The summed E-state index contributed by atoms with van der Waals surface area (Å²) in [6.07, 6.45) is 11.6. The number of nitrogens with two attached hydrogens (primary N) is 1. The van der Waals surface area contributed by atoms with Crippen molar-refractivity contribution in [2.45, 2.75) is 77.2 Å². The lowest BCUT2D eigenvalue weighted by Gasteiger charge is -2.41. The molecule has 2 N–H and O–H groups in total. The number of carbonyl (C=O) groups excluding carboxylic acids is 1. The molecule has 1 saturated carbocycles. The standard InChI is InChI=1S/C16H30N2O/c1-2-14-9-5-3-8-12-18(14)15(19)16(13-17)10-6-4-7-11-16/h14H,2-13,17H2,1H3. The quantitative estimate of drug-likeness (QED) is 0.853. The molecule has 1 atom stereocenters. The van der Waals surface area contributed by atoms with Gasteiger partial charge in [-0.3, -0.25) is 4.79 Å². The molecule has 1 aliphatic carbocycles. The Balaban J connectivity index is 2.14. The van der Waals surface area contributed by atoms with E-state index in [1.165, 1.54) is 44.9 Å². The second-order valence-electron chi connectivity index (χ2n) is 6.46. The van der Waals surface area contributed by atoms with E-state index in [4.69, 9.17) is 5.73 Å². The van der Waals surface area contributed by atoms with E-state index in [1.807, 2.05) is 0 Å². The predicted molar refractivity (Wildman–Crippen MR) is 78.8 cm³/mol. The molecule has 0 aromatic carbocycles. The summed E-state index contributed by atoms with van der Waals surface area (Å²) in [5, 5.41) is 0. The molecule has 1 saturated heterocycles. The van der Waals surface area contributed by atoms with Gasteiger partial charge in [0.1, 0.15) is 0 Å². The summed E-state index contributed by atoms with van der Waals surface area (Å²) >= 11 is 0. The molecule has 3 heteroatoms. The third kappa shape index (κ3) is 3.13. The minimum Gasteiger partial charge on any atom is -0.339 e. The summed E-state index contributed by atoms with van der Waals surface area (Å²) in [6, 6.07) is 0.459. The molecule has 0 aromatic rings. The van der Waals surface area contributed by atoms with Gasteiger partial charge in [0.25, 0.3) is 0 Å². The first-order chi connectivity index (χ1) is 9.23. The number of hydrogen-bond donors (Lipinski definition) is 1. The van der Waals surface area contributed by atoms with Gasteiger partial charge in [-0.25, -0.2) is 0 Å². The van der Waals surface area contributed by atoms with Crippen LogP contribution in [-0.2, 0) is 4.79 Å². The molecule has 3 nitrogen and oxygen atoms in total. The van der Waals surface area contributed by atoms with Gasteiger partial charge < -0.3 is 10.6 Å². The van der Waals surface area contributed by atoms with Gasteiger partial charge in [-0.1, -0.05) is 39.0 Å². The highest BCUT2D eigenvalue weighted by Crippen LogP contribution is 2.38. The zero-order chi connectivity index (χ0) is 13.7. The normalized spacial score (nSPS) is 27.9. The van der Waals surface area contributed by atoms with Gasteiger partial charge in [0.2, 0.25) is 5.91 Å². The van der Waals surface area contributed by atoms with Crippen LogP contribution in [0.15, 0.2) is 0 Å². The fraction of sp³-hybridized carbons (Fsp3) is 0.938. The van der Waals surface area contributed by atoms with Crippen LogP contribution in [0, 0.1) is 5.41 Å². The van der Waals surface area contributed by atoms with Crippen LogP contribution in [0.5, 0.6) is 0 Å². The average molecular weight is 266 g/mol. The first-order valence-corrected chi connectivity index (χ1v) is 8.24. The molecule has 2 fully saturated rings. The molecule has 110 valence electrons. The smallest absolute Gasteiger partial charge is 0.230 e. The van der Waals surface area contributed by atoms with E-state index in [2.05, 4.69) is 11.8 Å². The summed E-state index contributed by atoms with van der Waals surface area (Å²) in [7, 11) is 0. The van der Waals surface area contributed by atoms with Gasteiger partial charge in [0.05, 0.1) is 5.41 Å². The third-order valence-electron chi connectivity index (χ3n) is 5.26. The van der Waals surface area contributed by atoms with Crippen LogP contribution in [0.2, 0.25) is 0 Å². The average Bonchev–Trinajstić information content (AvgIpc) is 2.72. The molecule has 19 heavy (non-hydrogen) atoms. The van der Waals surface area contributed by atoms with Crippen molar-refractivity contribution in [3.05, 3.63) is 0 Å². The maximum atomic E-state index is 13.1. The number of amides is 1. The Morgan fingerprint density at radius 2 is 1.84 bits per heavy atom. The molecule has 0 radical (unpaired) electrons. The zero-order valence-corrected chi connectivity index (χ0v) is 12.5. The molecule has 2 rings (SSSR count). The minimum atomic E-state index is -0.226. The van der Waals surface area contributed by atoms with Crippen LogP contribution >= 0.6 is 0 Å². The van der Waals surface area contributed by atoms with Crippen LogP contribution in [-0.4, -0.2) is 29.9 Å². The molecule has 1 unspecified atom stereocenters. The lowest BCUT2D eigenvalue weighted by Crippen LogP contribution is -2.52. The molecule has 0 spiro atoms. The van der Waals surface area contributed by atoms with Crippen molar-refractivity contribution in [3.8, 4) is 0 Å². The first kappa shape index (κ1) is 14.8. The van der Waals surface area contributed by atoms with E-state index >= 15 is 0 Å². The van der Waals surface area contributed by atoms with Crippen LogP contribution in [0.1, 0.15) is 71.1 Å². The Morgan fingerprint density at radius 1 is 1.16 bits per heavy atom. The minimum absolute atomic E-state index is 0.226. The zero-order valence-electron chi connectivity index (χ0n) is 12.5. The second-order valence-corrected chi connectivity index (χ2v) is 6.46. The van der Waals surface area contributed by atoms with Crippen LogP contribution in [0.3, 0.4) is 0 Å². The lowest BCUT2D eigenvalue weighted by molar-refractivity contribution is -0.146. The Kier molecular flexibility index (Phi) is 5.26. The number of nitrogens with zero attached hydrogens (tertiary/aromatic N) is 1. The van der Waals surface area contributed by atoms with Crippen molar-refractivity contribution in [1.82, 2.24) is 4.90 Å². The number of likely N-dealkylation sites (tertiary alicyclic amines) is 1. The Hall–Kier alpha value is -0.570. The molecule has 1 aliphatic heterocycles. The molecule has 0 bridgehead atoms. The highest BCUT2D eigenvalue weighted by molar-refractivity contribution is 5.83. The van der Waals surface area contributed by atoms with Crippen molar-refractivity contribution in [2.24, 2.45) is 11.1 Å². The number of carbonyl (C=O) groups is 1. The highest BCUT2D eigenvalue weighted by atomic mass is 16.2. The van der Waals surface area contributed by atoms with Gasteiger partial charge in [-0.15, -0.1) is 0 Å². The van der Waals surface area contributed by atoms with E-state index in [1.54, 1.807) is 0 Å². The van der Waals surface area contributed by atoms with Crippen LogP contribution < -0.4 is 5.73 Å². The van der Waals surface area contributed by atoms with Crippen molar-refractivity contribution in [3.63, 3.8) is 0 Å². The summed E-state index contributed by atoms with van der Waals surface area (Å²) < 4.78 is 0. The van der Waals surface area contributed by atoms with Gasteiger partial charge >= 0.3 is 0 Å². The van der Waals surface area contributed by atoms with E-state index in [0.29, 0.717) is 18.5 Å². The lowest BCUT2D eigenvalue weighted by atomic mass is 9.72. The SMILES string of the molecule is CCC1CCCCCN1C(=O)C1(CN)CCCCC1. The molecule has 1 heterocycles. The maximum absolute atomic E-state index is 13.1. The topological polar surface area (TPSA) is 46.3 Å². The second kappa shape index (κ2) is 6.74. The van der Waals surface area contributed by atoms with E-state index in [9.17, 15) is 4.79 Å². The fourth-order valence-electron chi connectivity index (χ4n) is 3.91. The molecule has 0 aromatic heterocycles. The third-order valence-corrected chi connectivity index (χ3v) is 5.26. The van der Waals surface area contributed by atoms with Crippen molar-refractivity contribution < 1.29 is 4.79 Å². The van der Waals surface area contributed by atoms with Gasteiger partial charge in [0.15, 0.2) is 0 Å².